The van der Waals surface area contributed by atoms with Crippen molar-refractivity contribution in [3.8, 4) is 0 Å². The Labute approximate surface area is 170 Å². The number of hydrogen-bond donors (Lipinski definition) is 0. The Bertz CT molecular complexity index is 1150. The van der Waals surface area contributed by atoms with Gasteiger partial charge < -0.3 is 4.74 Å². The summed E-state index contributed by atoms with van der Waals surface area (Å²) in [5.74, 6) is 0.660. The summed E-state index contributed by atoms with van der Waals surface area (Å²) in [7, 11) is 0. The van der Waals surface area contributed by atoms with E-state index >= 15 is 0 Å². The zero-order valence-corrected chi connectivity index (χ0v) is 16.0. The second-order valence-electron chi connectivity index (χ2n) is 8.44. The third kappa shape index (κ3) is 1.64. The van der Waals surface area contributed by atoms with Gasteiger partial charge in [0.05, 0.1) is 0 Å². The van der Waals surface area contributed by atoms with Gasteiger partial charge in [-0.3, -0.25) is 0 Å². The van der Waals surface area contributed by atoms with Crippen LogP contribution in [0.1, 0.15) is 45.2 Å². The van der Waals surface area contributed by atoms with E-state index in [2.05, 4.69) is 109 Å². The average Bonchev–Trinajstić information content (AvgIpc) is 3.24. The molecule has 4 atom stereocenters. The number of fused-ring (bicyclic) bond motifs is 11. The highest BCUT2D eigenvalue weighted by Gasteiger charge is 2.75. The van der Waals surface area contributed by atoms with Crippen LogP contribution in [0.4, 0.5) is 0 Å². The maximum atomic E-state index is 7.36. The van der Waals surface area contributed by atoms with Crippen molar-refractivity contribution in [3.63, 3.8) is 0 Å². The highest BCUT2D eigenvalue weighted by Crippen LogP contribution is 2.78. The Kier molecular flexibility index (Phi) is 2.85. The lowest BCUT2D eigenvalue weighted by molar-refractivity contribution is -0.0452. The molecule has 0 saturated carbocycles. The van der Waals surface area contributed by atoms with Crippen LogP contribution in [0.2, 0.25) is 0 Å². The topological polar surface area (TPSA) is 9.23 Å². The van der Waals surface area contributed by atoms with Crippen molar-refractivity contribution in [3.05, 3.63) is 143 Å². The smallest absolute Gasteiger partial charge is 0.128 e. The van der Waals surface area contributed by atoms with E-state index in [0.717, 1.165) is 0 Å². The van der Waals surface area contributed by atoms with Gasteiger partial charge in [0, 0.05) is 11.8 Å². The van der Waals surface area contributed by atoms with Gasteiger partial charge in [-0.15, -0.1) is 0 Å². The van der Waals surface area contributed by atoms with E-state index in [1.807, 2.05) is 0 Å². The van der Waals surface area contributed by atoms with Crippen LogP contribution >= 0.6 is 0 Å². The molecule has 4 aromatic carbocycles. The van der Waals surface area contributed by atoms with Crippen LogP contribution in [-0.2, 0) is 15.9 Å². The van der Waals surface area contributed by atoms with Gasteiger partial charge in [0.15, 0.2) is 0 Å². The molecule has 1 saturated heterocycles. The first-order valence-corrected chi connectivity index (χ1v) is 10.4. The van der Waals surface area contributed by atoms with Crippen LogP contribution in [0, 0.1) is 0 Å². The SMILES string of the molecule is c1ccc([C@@]23O[C@@](c4ccccc4)(c4ccccc42)[C@@H]2c4ccccc4[C@H]23)cc1. The summed E-state index contributed by atoms with van der Waals surface area (Å²) in [5.41, 5.74) is 7.16. The minimum absolute atomic E-state index is 0.330. The zero-order valence-electron chi connectivity index (χ0n) is 16.0. The molecule has 1 fully saturated rings. The van der Waals surface area contributed by atoms with E-state index in [1.165, 1.54) is 33.4 Å². The molecular formula is C28H20O. The van der Waals surface area contributed by atoms with Gasteiger partial charge in [-0.05, 0) is 33.4 Å². The molecule has 29 heavy (non-hydrogen) atoms. The van der Waals surface area contributed by atoms with Crippen LogP contribution < -0.4 is 0 Å². The van der Waals surface area contributed by atoms with Gasteiger partial charge in [-0.2, -0.15) is 0 Å². The molecule has 7 rings (SSSR count). The molecule has 3 aliphatic rings. The summed E-state index contributed by atoms with van der Waals surface area (Å²) < 4.78 is 7.36. The predicted octanol–water partition coefficient (Wildman–Crippen LogP) is 6.10. The Balaban J connectivity index is 1.62. The summed E-state index contributed by atoms with van der Waals surface area (Å²) in [6, 6.07) is 39.5. The van der Waals surface area contributed by atoms with E-state index in [-0.39, 0.29) is 0 Å². The van der Waals surface area contributed by atoms with Crippen molar-refractivity contribution in [2.75, 3.05) is 0 Å². The highest BCUT2D eigenvalue weighted by atomic mass is 16.5. The first-order chi connectivity index (χ1) is 14.4. The molecular weight excluding hydrogens is 352 g/mol. The Morgan fingerprint density at radius 1 is 0.448 bits per heavy atom. The Hall–Kier alpha value is -3.16. The van der Waals surface area contributed by atoms with Gasteiger partial charge in [-0.25, -0.2) is 0 Å². The van der Waals surface area contributed by atoms with E-state index in [0.29, 0.717) is 11.8 Å². The van der Waals surface area contributed by atoms with Crippen molar-refractivity contribution in [2.45, 2.75) is 23.0 Å². The maximum Gasteiger partial charge on any atom is 0.128 e. The fourth-order valence-corrected chi connectivity index (χ4v) is 6.36. The van der Waals surface area contributed by atoms with Crippen LogP contribution in [-0.4, -0.2) is 0 Å². The number of ether oxygens (including phenoxy) is 1. The molecule has 1 nitrogen and oxygen atoms in total. The summed E-state index contributed by atoms with van der Waals surface area (Å²) in [4.78, 5) is 0. The molecule has 0 amide bonds. The molecule has 0 N–H and O–H groups in total. The average molecular weight is 372 g/mol. The normalized spacial score (nSPS) is 30.2. The standard InChI is InChI=1S/C28H20O/c1-3-11-19(12-4-1)27-23-17-9-10-18-24(23)28(29-27,20-13-5-2-6-14-20)26-22-16-8-7-15-21(22)25(26)27/h1-18,25-26H/t25-,26-,27-,28+/m1/s1. The molecule has 2 bridgehead atoms. The van der Waals surface area contributed by atoms with Crippen molar-refractivity contribution in [2.24, 2.45) is 0 Å². The van der Waals surface area contributed by atoms with E-state index in [1.54, 1.807) is 0 Å². The fourth-order valence-electron chi connectivity index (χ4n) is 6.36. The Morgan fingerprint density at radius 2 is 0.828 bits per heavy atom. The van der Waals surface area contributed by atoms with Crippen molar-refractivity contribution < 1.29 is 4.74 Å². The molecule has 0 aromatic heterocycles. The largest absolute Gasteiger partial charge is 0.348 e. The Morgan fingerprint density at radius 3 is 1.28 bits per heavy atom. The fraction of sp³-hybridized carbons (Fsp3) is 0.143. The predicted molar refractivity (Wildman–Crippen MR) is 114 cm³/mol. The summed E-state index contributed by atoms with van der Waals surface area (Å²) in [6.07, 6.45) is 0. The van der Waals surface area contributed by atoms with Gasteiger partial charge >= 0.3 is 0 Å². The molecule has 138 valence electrons. The number of benzene rings is 4. The monoisotopic (exact) mass is 372 g/mol. The quantitative estimate of drug-likeness (QED) is 0.413. The van der Waals surface area contributed by atoms with Crippen molar-refractivity contribution >= 4 is 0 Å². The van der Waals surface area contributed by atoms with E-state index in [9.17, 15) is 0 Å². The van der Waals surface area contributed by atoms with Gasteiger partial charge in [0.25, 0.3) is 0 Å². The van der Waals surface area contributed by atoms with Crippen molar-refractivity contribution in [1.29, 1.82) is 0 Å². The molecule has 0 unspecified atom stereocenters. The van der Waals surface area contributed by atoms with Crippen LogP contribution in [0.3, 0.4) is 0 Å². The van der Waals surface area contributed by atoms with Gasteiger partial charge in [0.1, 0.15) is 11.2 Å². The van der Waals surface area contributed by atoms with Crippen LogP contribution in [0.25, 0.3) is 0 Å². The third-order valence-electron chi connectivity index (χ3n) is 7.33. The molecule has 0 spiro atoms. The lowest BCUT2D eigenvalue weighted by atomic mass is 9.50. The third-order valence-corrected chi connectivity index (χ3v) is 7.33. The molecule has 2 aliphatic heterocycles. The first kappa shape index (κ1) is 15.7. The van der Waals surface area contributed by atoms with Crippen LogP contribution in [0.15, 0.2) is 109 Å². The zero-order chi connectivity index (χ0) is 19.1. The summed E-state index contributed by atoms with van der Waals surface area (Å²) >= 11 is 0. The number of hydrogen-bond acceptors (Lipinski definition) is 1. The van der Waals surface area contributed by atoms with Gasteiger partial charge in [-0.1, -0.05) is 109 Å². The second kappa shape index (κ2) is 5.25. The summed E-state index contributed by atoms with van der Waals surface area (Å²) in [5, 5.41) is 0. The number of rotatable bonds is 2. The highest BCUT2D eigenvalue weighted by molar-refractivity contribution is 5.68. The van der Waals surface area contributed by atoms with Gasteiger partial charge in [0.2, 0.25) is 0 Å². The minimum atomic E-state index is -0.438. The molecule has 1 aliphatic carbocycles. The lowest BCUT2D eigenvalue weighted by Gasteiger charge is -2.49. The molecule has 4 aromatic rings. The lowest BCUT2D eigenvalue weighted by Crippen LogP contribution is -2.44. The first-order valence-electron chi connectivity index (χ1n) is 10.4. The maximum absolute atomic E-state index is 7.36. The molecule has 1 heteroatoms. The molecule has 2 heterocycles. The van der Waals surface area contributed by atoms with Crippen LogP contribution in [0.5, 0.6) is 0 Å². The second-order valence-corrected chi connectivity index (χ2v) is 8.44. The minimum Gasteiger partial charge on any atom is -0.348 e. The summed E-state index contributed by atoms with van der Waals surface area (Å²) in [6.45, 7) is 0. The van der Waals surface area contributed by atoms with Crippen molar-refractivity contribution in [1.82, 2.24) is 0 Å². The van der Waals surface area contributed by atoms with E-state index < -0.39 is 11.2 Å². The van der Waals surface area contributed by atoms with E-state index in [4.69, 9.17) is 4.74 Å². The molecule has 0 radical (unpaired) electrons.